The summed E-state index contributed by atoms with van der Waals surface area (Å²) in [6.07, 6.45) is 4.18. The van der Waals surface area contributed by atoms with Gasteiger partial charge < -0.3 is 15.6 Å². The first kappa shape index (κ1) is 21.5. The van der Waals surface area contributed by atoms with Crippen LogP contribution in [0.2, 0.25) is 0 Å². The molecule has 3 N–H and O–H groups in total. The van der Waals surface area contributed by atoms with Gasteiger partial charge in [0.05, 0.1) is 22.5 Å². The summed E-state index contributed by atoms with van der Waals surface area (Å²) >= 11 is 2.90. The summed E-state index contributed by atoms with van der Waals surface area (Å²) in [4.78, 5) is 46.0. The SMILES string of the molecule is CNC(=O)c1cc(NC(=O)CSCc2nc3sc4c(c3c(=O)[nH]2)CCCC4)ccc1F. The Kier molecular flexibility index (Phi) is 6.38. The Morgan fingerprint density at radius 3 is 2.90 bits per heavy atom. The quantitative estimate of drug-likeness (QED) is 0.524. The molecule has 1 aromatic carbocycles. The maximum atomic E-state index is 13.7. The van der Waals surface area contributed by atoms with Gasteiger partial charge >= 0.3 is 0 Å². The first-order valence-corrected chi connectivity index (χ1v) is 11.9. The number of hydrogen-bond acceptors (Lipinski definition) is 6. The van der Waals surface area contributed by atoms with Crippen LogP contribution in [-0.2, 0) is 23.4 Å². The summed E-state index contributed by atoms with van der Waals surface area (Å²) in [6.45, 7) is 0. The molecule has 0 saturated carbocycles. The predicted molar refractivity (Wildman–Crippen MR) is 121 cm³/mol. The highest BCUT2D eigenvalue weighted by Gasteiger charge is 2.20. The molecule has 162 valence electrons. The number of H-pyrrole nitrogens is 1. The molecular formula is C21H21FN4O3S2. The van der Waals surface area contributed by atoms with Gasteiger partial charge in [-0.1, -0.05) is 0 Å². The first-order chi connectivity index (χ1) is 15.0. The minimum absolute atomic E-state index is 0.113. The van der Waals surface area contributed by atoms with Crippen LogP contribution in [-0.4, -0.2) is 34.6 Å². The Balaban J connectivity index is 1.38. The maximum Gasteiger partial charge on any atom is 0.259 e. The maximum absolute atomic E-state index is 13.7. The van der Waals surface area contributed by atoms with Crippen LogP contribution in [0.25, 0.3) is 10.2 Å². The molecule has 1 aliphatic carbocycles. The number of carbonyl (C=O) groups excluding carboxylic acids is 2. The third-order valence-electron chi connectivity index (χ3n) is 5.07. The van der Waals surface area contributed by atoms with Crippen LogP contribution in [0.5, 0.6) is 0 Å². The van der Waals surface area contributed by atoms with E-state index in [4.69, 9.17) is 0 Å². The molecule has 0 aliphatic heterocycles. The van der Waals surface area contributed by atoms with E-state index in [9.17, 15) is 18.8 Å². The van der Waals surface area contributed by atoms with Gasteiger partial charge in [-0.15, -0.1) is 23.1 Å². The molecular weight excluding hydrogens is 439 g/mol. The Labute approximate surface area is 185 Å². The smallest absolute Gasteiger partial charge is 0.259 e. The lowest BCUT2D eigenvalue weighted by molar-refractivity contribution is -0.113. The van der Waals surface area contributed by atoms with Crippen molar-refractivity contribution in [3.63, 3.8) is 0 Å². The van der Waals surface area contributed by atoms with E-state index >= 15 is 0 Å². The molecule has 31 heavy (non-hydrogen) atoms. The number of benzene rings is 1. The van der Waals surface area contributed by atoms with Crippen molar-refractivity contribution in [1.29, 1.82) is 0 Å². The summed E-state index contributed by atoms with van der Waals surface area (Å²) in [5.41, 5.74) is 1.23. The molecule has 2 aromatic heterocycles. The molecule has 0 unspecified atom stereocenters. The lowest BCUT2D eigenvalue weighted by atomic mass is 9.97. The lowest BCUT2D eigenvalue weighted by Gasteiger charge is -2.09. The summed E-state index contributed by atoms with van der Waals surface area (Å²) in [7, 11) is 1.41. The zero-order chi connectivity index (χ0) is 22.0. The minimum atomic E-state index is -0.660. The summed E-state index contributed by atoms with van der Waals surface area (Å²) in [5.74, 6) is -0.480. The van der Waals surface area contributed by atoms with Crippen molar-refractivity contribution < 1.29 is 14.0 Å². The number of thioether (sulfide) groups is 1. The zero-order valence-corrected chi connectivity index (χ0v) is 18.5. The summed E-state index contributed by atoms with van der Waals surface area (Å²) in [5, 5.41) is 5.73. The van der Waals surface area contributed by atoms with Crippen LogP contribution in [0.1, 0.15) is 39.5 Å². The van der Waals surface area contributed by atoms with Crippen molar-refractivity contribution in [3.05, 3.63) is 56.2 Å². The van der Waals surface area contributed by atoms with E-state index in [1.54, 1.807) is 11.3 Å². The van der Waals surface area contributed by atoms with Gasteiger partial charge in [-0.05, 0) is 49.4 Å². The Morgan fingerprint density at radius 1 is 1.29 bits per heavy atom. The van der Waals surface area contributed by atoms with Crippen molar-refractivity contribution >= 4 is 50.8 Å². The van der Waals surface area contributed by atoms with Crippen LogP contribution in [0.15, 0.2) is 23.0 Å². The van der Waals surface area contributed by atoms with E-state index in [1.165, 1.54) is 35.8 Å². The number of nitrogens with zero attached hydrogens (tertiary/aromatic N) is 1. The van der Waals surface area contributed by atoms with Gasteiger partial charge in [-0.25, -0.2) is 9.37 Å². The van der Waals surface area contributed by atoms with Crippen LogP contribution in [0.3, 0.4) is 0 Å². The van der Waals surface area contributed by atoms with Crippen molar-refractivity contribution in [3.8, 4) is 0 Å². The third kappa shape index (κ3) is 4.64. The number of nitrogens with one attached hydrogen (secondary N) is 3. The van der Waals surface area contributed by atoms with E-state index < -0.39 is 11.7 Å². The van der Waals surface area contributed by atoms with Crippen molar-refractivity contribution in [2.45, 2.75) is 31.4 Å². The second kappa shape index (κ2) is 9.19. The molecule has 0 fully saturated rings. The Hall–Kier alpha value is -2.72. The molecule has 2 heterocycles. The third-order valence-corrected chi connectivity index (χ3v) is 7.20. The molecule has 10 heteroatoms. The fourth-order valence-electron chi connectivity index (χ4n) is 3.63. The highest BCUT2D eigenvalue weighted by atomic mass is 32.2. The zero-order valence-electron chi connectivity index (χ0n) is 16.8. The normalized spacial score (nSPS) is 13.1. The van der Waals surface area contributed by atoms with Gasteiger partial charge in [-0.3, -0.25) is 14.4 Å². The number of rotatable bonds is 6. The second-order valence-electron chi connectivity index (χ2n) is 7.22. The topological polar surface area (TPSA) is 104 Å². The minimum Gasteiger partial charge on any atom is -0.355 e. The van der Waals surface area contributed by atoms with Crippen LogP contribution in [0.4, 0.5) is 10.1 Å². The van der Waals surface area contributed by atoms with Crippen molar-refractivity contribution in [2.75, 3.05) is 18.1 Å². The number of carbonyl (C=O) groups is 2. The van der Waals surface area contributed by atoms with Gasteiger partial charge in [0, 0.05) is 17.6 Å². The second-order valence-corrected chi connectivity index (χ2v) is 9.29. The first-order valence-electron chi connectivity index (χ1n) is 9.89. The molecule has 0 radical (unpaired) electrons. The average molecular weight is 461 g/mol. The van der Waals surface area contributed by atoms with Crippen molar-refractivity contribution in [2.24, 2.45) is 0 Å². The number of hydrogen-bond donors (Lipinski definition) is 3. The summed E-state index contributed by atoms with van der Waals surface area (Å²) in [6, 6.07) is 3.83. The van der Waals surface area contributed by atoms with Gasteiger partial charge in [0.25, 0.3) is 11.5 Å². The van der Waals surface area contributed by atoms with Crippen LogP contribution >= 0.6 is 23.1 Å². The summed E-state index contributed by atoms with van der Waals surface area (Å²) < 4.78 is 13.7. The standard InChI is InChI=1S/C21H21FN4O3S2/c1-23-19(28)13-8-11(6-7-14(13)22)24-17(27)10-30-9-16-25-20(29)18-12-4-2-3-5-15(12)31-21(18)26-16/h6-8H,2-5,9-10H2,1H3,(H,23,28)(H,24,27)(H,25,26,29). The Morgan fingerprint density at radius 2 is 2.10 bits per heavy atom. The number of thiophene rings is 1. The number of aromatic nitrogens is 2. The van der Waals surface area contributed by atoms with Gasteiger partial charge in [0.2, 0.25) is 5.91 Å². The van der Waals surface area contributed by atoms with Crippen LogP contribution < -0.4 is 16.2 Å². The molecule has 2 amide bonds. The molecule has 0 spiro atoms. The van der Waals surface area contributed by atoms with Gasteiger partial charge in [0.1, 0.15) is 16.5 Å². The molecule has 3 aromatic rings. The number of anilines is 1. The molecule has 0 saturated heterocycles. The van der Waals surface area contributed by atoms with E-state index in [-0.39, 0.29) is 22.8 Å². The van der Waals surface area contributed by atoms with E-state index in [0.717, 1.165) is 47.5 Å². The number of aromatic amines is 1. The molecule has 4 rings (SSSR count). The number of aryl methyl sites for hydroxylation is 2. The largest absolute Gasteiger partial charge is 0.355 e. The van der Waals surface area contributed by atoms with E-state index in [1.807, 2.05) is 0 Å². The fraction of sp³-hybridized carbons (Fsp3) is 0.333. The molecule has 0 atom stereocenters. The van der Waals surface area contributed by atoms with Gasteiger partial charge in [0.15, 0.2) is 0 Å². The number of fused-ring (bicyclic) bond motifs is 3. The van der Waals surface area contributed by atoms with Crippen molar-refractivity contribution in [1.82, 2.24) is 15.3 Å². The highest BCUT2D eigenvalue weighted by molar-refractivity contribution is 7.99. The lowest BCUT2D eigenvalue weighted by Crippen LogP contribution is -2.20. The fourth-order valence-corrected chi connectivity index (χ4v) is 5.60. The Bertz CT molecular complexity index is 1220. The van der Waals surface area contributed by atoms with E-state index in [2.05, 4.69) is 20.6 Å². The molecule has 1 aliphatic rings. The van der Waals surface area contributed by atoms with Crippen LogP contribution in [0, 0.1) is 5.82 Å². The number of amides is 2. The molecule has 7 nitrogen and oxygen atoms in total. The molecule has 0 bridgehead atoms. The highest BCUT2D eigenvalue weighted by Crippen LogP contribution is 2.33. The van der Waals surface area contributed by atoms with E-state index in [0.29, 0.717) is 17.3 Å². The average Bonchev–Trinajstić information content (AvgIpc) is 3.13. The predicted octanol–water partition coefficient (Wildman–Crippen LogP) is 3.23. The number of halogens is 1. The van der Waals surface area contributed by atoms with Gasteiger partial charge in [-0.2, -0.15) is 0 Å². The monoisotopic (exact) mass is 460 g/mol.